The standard InChI is InChI=1S/C18H22N2O4/c1-11-6-7-13(19-17(22)24-18(3,4)5)10-14(11)20-16(21)15-12(2)8-9-23-15/h6-10H,1-5H3,(H,19,22)(H,20,21). The number of hydrogen-bond donors (Lipinski definition) is 2. The van der Waals surface area contributed by atoms with Gasteiger partial charge in [-0.2, -0.15) is 0 Å². The number of benzene rings is 1. The molecule has 1 aromatic carbocycles. The van der Waals surface area contributed by atoms with E-state index in [1.54, 1.807) is 52.0 Å². The molecule has 0 saturated heterocycles. The summed E-state index contributed by atoms with van der Waals surface area (Å²) in [4.78, 5) is 24.1. The van der Waals surface area contributed by atoms with E-state index in [1.807, 2.05) is 6.92 Å². The summed E-state index contributed by atoms with van der Waals surface area (Å²) in [5.74, 6) is -0.0741. The normalized spacial score (nSPS) is 11.0. The number of carbonyl (C=O) groups excluding carboxylic acids is 2. The van der Waals surface area contributed by atoms with E-state index in [2.05, 4.69) is 10.6 Å². The Morgan fingerprint density at radius 1 is 1.04 bits per heavy atom. The van der Waals surface area contributed by atoms with Crippen LogP contribution >= 0.6 is 0 Å². The highest BCUT2D eigenvalue weighted by Crippen LogP contribution is 2.22. The smallest absolute Gasteiger partial charge is 0.412 e. The van der Waals surface area contributed by atoms with Gasteiger partial charge in [0.25, 0.3) is 5.91 Å². The lowest BCUT2D eigenvalue weighted by Crippen LogP contribution is -2.27. The summed E-state index contributed by atoms with van der Waals surface area (Å²) in [6, 6.07) is 6.95. The molecule has 0 aliphatic rings. The fourth-order valence-corrected chi connectivity index (χ4v) is 2.04. The highest BCUT2D eigenvalue weighted by atomic mass is 16.6. The zero-order valence-electron chi connectivity index (χ0n) is 14.5. The average molecular weight is 330 g/mol. The molecule has 24 heavy (non-hydrogen) atoms. The van der Waals surface area contributed by atoms with Crippen molar-refractivity contribution in [3.63, 3.8) is 0 Å². The van der Waals surface area contributed by atoms with Gasteiger partial charge in [0.05, 0.1) is 6.26 Å². The molecule has 128 valence electrons. The average Bonchev–Trinajstić information content (AvgIpc) is 2.86. The molecule has 0 fully saturated rings. The van der Waals surface area contributed by atoms with Crippen LogP contribution in [0, 0.1) is 13.8 Å². The van der Waals surface area contributed by atoms with Gasteiger partial charge in [0.2, 0.25) is 0 Å². The largest absolute Gasteiger partial charge is 0.459 e. The first-order valence-corrected chi connectivity index (χ1v) is 7.62. The van der Waals surface area contributed by atoms with Gasteiger partial charge in [-0.25, -0.2) is 4.79 Å². The predicted octanol–water partition coefficient (Wildman–Crippen LogP) is 4.50. The molecule has 0 atom stereocenters. The molecule has 2 amide bonds. The number of anilines is 2. The van der Waals surface area contributed by atoms with Crippen LogP contribution in [0.25, 0.3) is 0 Å². The van der Waals surface area contributed by atoms with Crippen LogP contribution in [0.4, 0.5) is 16.2 Å². The molecule has 1 aromatic heterocycles. The topological polar surface area (TPSA) is 80.6 Å². The number of aryl methyl sites for hydroxylation is 2. The number of ether oxygens (including phenoxy) is 1. The third-order valence-electron chi connectivity index (χ3n) is 3.20. The van der Waals surface area contributed by atoms with E-state index in [0.717, 1.165) is 11.1 Å². The van der Waals surface area contributed by atoms with Gasteiger partial charge in [0, 0.05) is 16.9 Å². The monoisotopic (exact) mass is 330 g/mol. The third kappa shape index (κ3) is 4.62. The zero-order chi connectivity index (χ0) is 17.9. The summed E-state index contributed by atoms with van der Waals surface area (Å²) in [7, 11) is 0. The van der Waals surface area contributed by atoms with Crippen molar-refractivity contribution in [3.05, 3.63) is 47.4 Å². The van der Waals surface area contributed by atoms with Gasteiger partial charge in [-0.05, 0) is 58.4 Å². The molecule has 2 aromatic rings. The summed E-state index contributed by atoms with van der Waals surface area (Å²) >= 11 is 0. The maximum atomic E-state index is 12.3. The van der Waals surface area contributed by atoms with Gasteiger partial charge < -0.3 is 14.5 Å². The van der Waals surface area contributed by atoms with Gasteiger partial charge in [-0.15, -0.1) is 0 Å². The van der Waals surface area contributed by atoms with Crippen molar-refractivity contribution < 1.29 is 18.7 Å². The zero-order valence-corrected chi connectivity index (χ0v) is 14.5. The van der Waals surface area contributed by atoms with E-state index in [4.69, 9.17) is 9.15 Å². The predicted molar refractivity (Wildman–Crippen MR) is 92.4 cm³/mol. The van der Waals surface area contributed by atoms with Crippen LogP contribution in [-0.2, 0) is 4.74 Å². The number of amides is 2. The quantitative estimate of drug-likeness (QED) is 0.868. The van der Waals surface area contributed by atoms with Crippen molar-refractivity contribution in [1.82, 2.24) is 0 Å². The van der Waals surface area contributed by atoms with Crippen molar-refractivity contribution in [2.24, 2.45) is 0 Å². The fourth-order valence-electron chi connectivity index (χ4n) is 2.04. The van der Waals surface area contributed by atoms with Crippen LogP contribution < -0.4 is 10.6 Å². The SMILES string of the molecule is Cc1ccc(NC(=O)OC(C)(C)C)cc1NC(=O)c1occc1C. The van der Waals surface area contributed by atoms with Gasteiger partial charge in [-0.3, -0.25) is 10.1 Å². The number of carbonyl (C=O) groups is 2. The molecule has 6 nitrogen and oxygen atoms in total. The lowest BCUT2D eigenvalue weighted by atomic mass is 10.1. The molecule has 0 bridgehead atoms. The minimum Gasteiger partial charge on any atom is -0.459 e. The minimum atomic E-state index is -0.581. The van der Waals surface area contributed by atoms with Gasteiger partial charge in [0.15, 0.2) is 5.76 Å². The first kappa shape index (κ1) is 17.6. The number of furan rings is 1. The van der Waals surface area contributed by atoms with Gasteiger partial charge in [0.1, 0.15) is 5.60 Å². The van der Waals surface area contributed by atoms with E-state index in [1.165, 1.54) is 6.26 Å². The van der Waals surface area contributed by atoms with Gasteiger partial charge >= 0.3 is 6.09 Å². The van der Waals surface area contributed by atoms with Crippen LogP contribution in [0.15, 0.2) is 34.9 Å². The Morgan fingerprint density at radius 3 is 2.33 bits per heavy atom. The molecular weight excluding hydrogens is 308 g/mol. The molecule has 6 heteroatoms. The molecule has 0 unspecified atom stereocenters. The second-order valence-corrected chi connectivity index (χ2v) is 6.54. The Balaban J connectivity index is 2.13. The number of nitrogens with one attached hydrogen (secondary N) is 2. The molecular formula is C18H22N2O4. The van der Waals surface area contributed by atoms with Crippen molar-refractivity contribution in [3.8, 4) is 0 Å². The molecule has 0 aliphatic heterocycles. The molecule has 0 aliphatic carbocycles. The molecule has 2 N–H and O–H groups in total. The van der Waals surface area contributed by atoms with Gasteiger partial charge in [-0.1, -0.05) is 6.07 Å². The second kappa shape index (κ2) is 6.78. The first-order chi connectivity index (χ1) is 11.2. The Labute approximate surface area is 141 Å². The highest BCUT2D eigenvalue weighted by Gasteiger charge is 2.17. The second-order valence-electron chi connectivity index (χ2n) is 6.54. The summed E-state index contributed by atoms with van der Waals surface area (Å²) in [5, 5.41) is 5.44. The van der Waals surface area contributed by atoms with E-state index in [-0.39, 0.29) is 11.7 Å². The van der Waals surface area contributed by atoms with E-state index in [0.29, 0.717) is 11.4 Å². The Morgan fingerprint density at radius 2 is 1.75 bits per heavy atom. The van der Waals surface area contributed by atoms with E-state index >= 15 is 0 Å². The highest BCUT2D eigenvalue weighted by molar-refractivity contribution is 6.04. The summed E-state index contributed by atoms with van der Waals surface area (Å²) in [5.41, 5.74) is 2.16. The molecule has 0 saturated carbocycles. The minimum absolute atomic E-state index is 0.264. The fraction of sp³-hybridized carbons (Fsp3) is 0.333. The van der Waals surface area contributed by atoms with Crippen LogP contribution in [0.1, 0.15) is 42.5 Å². The van der Waals surface area contributed by atoms with Crippen LogP contribution in [0.2, 0.25) is 0 Å². The van der Waals surface area contributed by atoms with Crippen molar-refractivity contribution in [2.75, 3.05) is 10.6 Å². The first-order valence-electron chi connectivity index (χ1n) is 7.62. The molecule has 0 radical (unpaired) electrons. The third-order valence-corrected chi connectivity index (χ3v) is 3.20. The number of rotatable bonds is 3. The summed E-state index contributed by atoms with van der Waals surface area (Å²) in [6.45, 7) is 9.03. The molecule has 0 spiro atoms. The number of hydrogen-bond acceptors (Lipinski definition) is 4. The van der Waals surface area contributed by atoms with Crippen LogP contribution in [0.5, 0.6) is 0 Å². The molecule has 2 rings (SSSR count). The van der Waals surface area contributed by atoms with Crippen LogP contribution in [-0.4, -0.2) is 17.6 Å². The Kier molecular flexibility index (Phi) is 4.97. The lowest BCUT2D eigenvalue weighted by Gasteiger charge is -2.20. The Bertz CT molecular complexity index is 757. The lowest BCUT2D eigenvalue weighted by molar-refractivity contribution is 0.0636. The summed E-state index contributed by atoms with van der Waals surface area (Å²) in [6.07, 6.45) is 0.919. The maximum absolute atomic E-state index is 12.3. The van der Waals surface area contributed by atoms with E-state index < -0.39 is 11.7 Å². The van der Waals surface area contributed by atoms with Crippen LogP contribution in [0.3, 0.4) is 0 Å². The van der Waals surface area contributed by atoms with E-state index in [9.17, 15) is 9.59 Å². The summed E-state index contributed by atoms with van der Waals surface area (Å²) < 4.78 is 10.4. The van der Waals surface area contributed by atoms with Crippen molar-refractivity contribution >= 4 is 23.4 Å². The maximum Gasteiger partial charge on any atom is 0.412 e. The Hall–Kier alpha value is -2.76. The van der Waals surface area contributed by atoms with Crippen molar-refractivity contribution in [1.29, 1.82) is 0 Å². The molecule has 1 heterocycles. The van der Waals surface area contributed by atoms with Crippen molar-refractivity contribution in [2.45, 2.75) is 40.2 Å².